The van der Waals surface area contributed by atoms with Gasteiger partial charge in [-0.1, -0.05) is 48.0 Å². The van der Waals surface area contributed by atoms with Crippen LogP contribution in [0.4, 0.5) is 5.69 Å². The van der Waals surface area contributed by atoms with Crippen LogP contribution in [0.1, 0.15) is 38.2 Å². The Morgan fingerprint density at radius 2 is 1.61 bits per heavy atom. The maximum absolute atomic E-state index is 13.1. The third-order valence-corrected chi connectivity index (χ3v) is 8.97. The molecule has 0 unspecified atom stereocenters. The van der Waals surface area contributed by atoms with Crippen molar-refractivity contribution in [1.82, 2.24) is 14.5 Å². The highest BCUT2D eigenvalue weighted by molar-refractivity contribution is 6.30. The zero-order chi connectivity index (χ0) is 34.5. The second-order valence-corrected chi connectivity index (χ2v) is 12.4. The lowest BCUT2D eigenvalue weighted by Crippen LogP contribution is -2.52. The second-order valence-electron chi connectivity index (χ2n) is 12.0. The van der Waals surface area contributed by atoms with Crippen LogP contribution >= 0.6 is 11.6 Å². The van der Waals surface area contributed by atoms with Crippen LogP contribution in [0.15, 0.2) is 94.5 Å². The van der Waals surface area contributed by atoms with Crippen molar-refractivity contribution in [1.29, 1.82) is 0 Å². The van der Waals surface area contributed by atoms with E-state index in [4.69, 9.17) is 21.1 Å². The summed E-state index contributed by atoms with van der Waals surface area (Å²) in [4.78, 5) is 44.0. The molecule has 250 valence electrons. The van der Waals surface area contributed by atoms with Gasteiger partial charge in [0.15, 0.2) is 11.5 Å². The number of nitrogens with zero attached hydrogens (tertiary/aromatic N) is 2. The first-order chi connectivity index (χ1) is 23.7. The summed E-state index contributed by atoms with van der Waals surface area (Å²) in [5.41, 5.74) is 5.53. The number of hydrogen-bond donors (Lipinski definition) is 2. The maximum atomic E-state index is 13.1. The summed E-state index contributed by atoms with van der Waals surface area (Å²) in [7, 11) is 4.87. The first-order valence-electron chi connectivity index (χ1n) is 16.0. The third-order valence-electron chi connectivity index (χ3n) is 8.74. The molecule has 0 saturated carbocycles. The predicted molar refractivity (Wildman–Crippen MR) is 193 cm³/mol. The van der Waals surface area contributed by atoms with Crippen LogP contribution < -0.4 is 36.6 Å². The average molecular weight is 677 g/mol. The molecule has 0 atom stereocenters. The number of aromatic amines is 1. The standard InChI is InChI=1S/C39H37ClN4O5/c1-43-34(21-27-5-4-6-31(40)19-27)38(46)42-33(39(43)47)20-26-7-11-28(12-8-26)37(45)41-32-13-9-25(10-14-32)15-17-44-18-16-29-22-35(48-2)36(49-3)23-30(29)24-44/h4-14,19-23H,15-18,24H2,1-3H3,(H,41,45)(H,42,46). The van der Waals surface area contributed by atoms with Crippen molar-refractivity contribution in [2.45, 2.75) is 19.4 Å². The predicted octanol–water partition coefficient (Wildman–Crippen LogP) is 4.25. The Morgan fingerprint density at radius 1 is 0.898 bits per heavy atom. The SMILES string of the molecule is COc1cc2c(cc1OC)CN(CCc1ccc(NC(=O)c3ccc(C=c4[nH]c(=O)c(=Cc5cccc(Cl)c5)n(C)c4=O)cc3)cc1)CC2. The highest BCUT2D eigenvalue weighted by Gasteiger charge is 2.19. The van der Waals surface area contributed by atoms with Gasteiger partial charge in [-0.3, -0.25) is 19.3 Å². The number of nitrogens with one attached hydrogen (secondary N) is 2. The van der Waals surface area contributed by atoms with Gasteiger partial charge in [-0.15, -0.1) is 0 Å². The number of rotatable bonds is 9. The zero-order valence-corrected chi connectivity index (χ0v) is 28.3. The van der Waals surface area contributed by atoms with E-state index in [1.54, 1.807) is 82.0 Å². The number of carbonyl (C=O) groups excluding carboxylic acids is 1. The molecular formula is C39H37ClN4O5. The summed E-state index contributed by atoms with van der Waals surface area (Å²) in [5, 5.41) is 3.83. The average Bonchev–Trinajstić information content (AvgIpc) is 3.11. The molecule has 1 amide bonds. The Labute approximate surface area is 288 Å². The van der Waals surface area contributed by atoms with E-state index >= 15 is 0 Å². The normalized spacial score (nSPS) is 13.6. The summed E-state index contributed by atoms with van der Waals surface area (Å²) < 4.78 is 12.3. The highest BCUT2D eigenvalue weighted by Crippen LogP contribution is 2.33. The number of carbonyl (C=O) groups is 1. The van der Waals surface area contributed by atoms with Gasteiger partial charge in [0.1, 0.15) is 10.7 Å². The number of fused-ring (bicyclic) bond motifs is 1. The number of aromatic nitrogens is 2. The molecule has 2 heterocycles. The summed E-state index contributed by atoms with van der Waals surface area (Å²) in [6.07, 6.45) is 5.06. The van der Waals surface area contributed by atoms with Crippen molar-refractivity contribution in [3.05, 3.63) is 155 Å². The molecule has 0 fully saturated rings. The zero-order valence-electron chi connectivity index (χ0n) is 27.6. The Bertz CT molecular complexity index is 2240. The minimum atomic E-state index is -0.407. The molecule has 6 rings (SSSR count). The lowest BCUT2D eigenvalue weighted by molar-refractivity contribution is 0.102. The van der Waals surface area contributed by atoms with Gasteiger partial charge in [0, 0.05) is 43.0 Å². The fraction of sp³-hybridized carbons (Fsp3) is 0.205. The summed E-state index contributed by atoms with van der Waals surface area (Å²) in [6, 6.07) is 25.9. The van der Waals surface area contributed by atoms with E-state index in [-0.39, 0.29) is 22.2 Å². The number of hydrogen-bond acceptors (Lipinski definition) is 6. The molecule has 2 N–H and O–H groups in total. The van der Waals surface area contributed by atoms with Crippen LogP contribution in [0, 0.1) is 0 Å². The minimum Gasteiger partial charge on any atom is -0.493 e. The molecule has 0 saturated heterocycles. The number of amides is 1. The first-order valence-corrected chi connectivity index (χ1v) is 16.3. The molecule has 49 heavy (non-hydrogen) atoms. The van der Waals surface area contributed by atoms with Gasteiger partial charge in [-0.25, -0.2) is 0 Å². The Balaban J connectivity index is 1.07. The van der Waals surface area contributed by atoms with Crippen molar-refractivity contribution in [3.63, 3.8) is 0 Å². The molecule has 0 aliphatic carbocycles. The highest BCUT2D eigenvalue weighted by atomic mass is 35.5. The largest absolute Gasteiger partial charge is 0.493 e. The van der Waals surface area contributed by atoms with E-state index in [9.17, 15) is 14.4 Å². The number of methoxy groups -OCH3 is 2. The minimum absolute atomic E-state index is 0.138. The van der Waals surface area contributed by atoms with Crippen molar-refractivity contribution in [2.24, 2.45) is 7.05 Å². The Hall–Kier alpha value is -5.38. The fourth-order valence-corrected chi connectivity index (χ4v) is 6.17. The van der Waals surface area contributed by atoms with Crippen LogP contribution in [0.25, 0.3) is 12.2 Å². The second kappa shape index (κ2) is 14.8. The van der Waals surface area contributed by atoms with Gasteiger partial charge >= 0.3 is 0 Å². The molecule has 1 aliphatic heterocycles. The van der Waals surface area contributed by atoms with Crippen LogP contribution in [-0.4, -0.2) is 47.7 Å². The van der Waals surface area contributed by atoms with Gasteiger partial charge in [-0.05, 0) is 101 Å². The Kier molecular flexibility index (Phi) is 10.1. The van der Waals surface area contributed by atoms with Gasteiger partial charge in [0.05, 0.1) is 14.2 Å². The fourth-order valence-electron chi connectivity index (χ4n) is 5.97. The molecule has 1 aliphatic rings. The van der Waals surface area contributed by atoms with Gasteiger partial charge < -0.3 is 24.3 Å². The molecule has 4 aromatic carbocycles. The molecule has 0 spiro atoms. The Morgan fingerprint density at radius 3 is 2.31 bits per heavy atom. The van der Waals surface area contributed by atoms with E-state index in [1.807, 2.05) is 24.3 Å². The van der Waals surface area contributed by atoms with E-state index in [1.165, 1.54) is 21.3 Å². The molecule has 5 aromatic rings. The van der Waals surface area contributed by atoms with Crippen LogP contribution in [-0.2, 0) is 26.4 Å². The quantitative estimate of drug-likeness (QED) is 0.242. The van der Waals surface area contributed by atoms with E-state index in [0.717, 1.165) is 44.0 Å². The monoisotopic (exact) mass is 676 g/mol. The van der Waals surface area contributed by atoms with Crippen molar-refractivity contribution < 1.29 is 14.3 Å². The van der Waals surface area contributed by atoms with Crippen LogP contribution in [0.5, 0.6) is 11.5 Å². The maximum Gasteiger partial charge on any atom is 0.274 e. The van der Waals surface area contributed by atoms with Crippen molar-refractivity contribution in [3.8, 4) is 11.5 Å². The van der Waals surface area contributed by atoms with Gasteiger partial charge in [0.25, 0.3) is 17.0 Å². The summed E-state index contributed by atoms with van der Waals surface area (Å²) in [5.74, 6) is 1.28. The lowest BCUT2D eigenvalue weighted by atomic mass is 9.98. The lowest BCUT2D eigenvalue weighted by Gasteiger charge is -2.29. The first kappa shape index (κ1) is 33.5. The van der Waals surface area contributed by atoms with Crippen molar-refractivity contribution in [2.75, 3.05) is 32.6 Å². The van der Waals surface area contributed by atoms with Crippen molar-refractivity contribution >= 4 is 35.3 Å². The molecule has 1 aromatic heterocycles. The molecule has 0 radical (unpaired) electrons. The number of ether oxygens (including phenoxy) is 2. The third kappa shape index (κ3) is 7.85. The van der Waals surface area contributed by atoms with E-state index in [2.05, 4.69) is 27.3 Å². The molecule has 10 heteroatoms. The van der Waals surface area contributed by atoms with Gasteiger partial charge in [0.2, 0.25) is 0 Å². The molecular weight excluding hydrogens is 640 g/mol. The number of anilines is 1. The van der Waals surface area contributed by atoms with Gasteiger partial charge in [-0.2, -0.15) is 0 Å². The topological polar surface area (TPSA) is 106 Å². The van der Waals surface area contributed by atoms with Crippen LogP contribution in [0.3, 0.4) is 0 Å². The van der Waals surface area contributed by atoms with E-state index < -0.39 is 5.56 Å². The molecule has 9 nitrogen and oxygen atoms in total. The number of benzene rings is 4. The smallest absolute Gasteiger partial charge is 0.274 e. The molecule has 0 bridgehead atoms. The number of H-pyrrole nitrogens is 1. The van der Waals surface area contributed by atoms with E-state index in [0.29, 0.717) is 27.4 Å². The van der Waals surface area contributed by atoms with Crippen LogP contribution in [0.2, 0.25) is 5.02 Å². The number of halogens is 1. The summed E-state index contributed by atoms with van der Waals surface area (Å²) in [6.45, 7) is 2.77. The summed E-state index contributed by atoms with van der Waals surface area (Å²) >= 11 is 6.06.